The summed E-state index contributed by atoms with van der Waals surface area (Å²) >= 11 is 0. The van der Waals surface area contributed by atoms with E-state index in [9.17, 15) is 4.79 Å². The molecule has 0 fully saturated rings. The SMILES string of the molecule is C.C.C.C.C.C.C.C.C.C.C.C.CC.CC.CCC(C)(CC(C)(CC(C)(CC(C)(C)C(=O)OC)c1ccccc1)c1ccccc1)c1ccccc1.CO. The summed E-state index contributed by atoms with van der Waals surface area (Å²) in [4.78, 5) is 12.8. The zero-order chi connectivity index (χ0) is 32.5. The van der Waals surface area contributed by atoms with Crippen LogP contribution in [-0.4, -0.2) is 25.3 Å². The number of methoxy groups -OCH3 is 1. The van der Waals surface area contributed by atoms with Crippen LogP contribution in [0.5, 0.6) is 0 Å². The average molecular weight is 769 g/mol. The number of benzene rings is 3. The maximum atomic E-state index is 12.8. The van der Waals surface area contributed by atoms with Crippen LogP contribution in [0.15, 0.2) is 91.0 Å². The Morgan fingerprint density at radius 2 is 0.685 bits per heavy atom. The summed E-state index contributed by atoms with van der Waals surface area (Å²) in [5.74, 6) is -0.159. The van der Waals surface area contributed by atoms with E-state index in [0.29, 0.717) is 6.42 Å². The minimum absolute atomic E-state index is 0. The van der Waals surface area contributed by atoms with E-state index in [0.717, 1.165) is 26.4 Å². The van der Waals surface area contributed by atoms with Gasteiger partial charge in [0.05, 0.1) is 12.5 Å². The van der Waals surface area contributed by atoms with Crippen molar-refractivity contribution in [2.45, 2.75) is 200 Å². The van der Waals surface area contributed by atoms with Gasteiger partial charge >= 0.3 is 5.97 Å². The van der Waals surface area contributed by atoms with Gasteiger partial charge in [0, 0.05) is 7.11 Å². The van der Waals surface area contributed by atoms with Crippen LogP contribution < -0.4 is 0 Å². The predicted molar refractivity (Wildman–Crippen MR) is 263 cm³/mol. The van der Waals surface area contributed by atoms with Gasteiger partial charge in [-0.15, -0.1) is 0 Å². The summed E-state index contributed by atoms with van der Waals surface area (Å²) in [6.07, 6.45) is 3.67. The van der Waals surface area contributed by atoms with Crippen molar-refractivity contribution in [3.8, 4) is 0 Å². The smallest absolute Gasteiger partial charge is 0.311 e. The Kier molecular flexibility index (Phi) is 70.1. The molecular formula is C51H108O3. The van der Waals surface area contributed by atoms with Gasteiger partial charge in [-0.25, -0.2) is 0 Å². The molecule has 54 heavy (non-hydrogen) atoms. The molecule has 3 rings (SSSR count). The molecular weight excluding hydrogens is 661 g/mol. The first-order valence-electron chi connectivity index (χ1n) is 15.7. The van der Waals surface area contributed by atoms with Crippen LogP contribution in [0.3, 0.4) is 0 Å². The Balaban J connectivity index is -0.0000000808. The van der Waals surface area contributed by atoms with Crippen LogP contribution in [0.25, 0.3) is 0 Å². The van der Waals surface area contributed by atoms with Crippen molar-refractivity contribution in [2.75, 3.05) is 14.2 Å². The van der Waals surface area contributed by atoms with Crippen LogP contribution in [-0.2, 0) is 25.8 Å². The zero-order valence-corrected chi connectivity index (χ0v) is 28.8. The first kappa shape index (κ1) is 88.4. The maximum absolute atomic E-state index is 12.8. The number of hydrogen-bond acceptors (Lipinski definition) is 3. The first-order chi connectivity index (χ1) is 20.0. The van der Waals surface area contributed by atoms with Crippen LogP contribution in [0, 0.1) is 5.41 Å². The molecule has 0 aromatic heterocycles. The molecule has 3 unspecified atom stereocenters. The predicted octanol–water partition coefficient (Wildman–Crippen LogP) is 17.9. The minimum atomic E-state index is -0.607. The molecule has 0 amide bonds. The molecule has 0 radical (unpaired) electrons. The van der Waals surface area contributed by atoms with Crippen molar-refractivity contribution >= 4 is 5.97 Å². The molecule has 0 saturated heterocycles. The molecule has 0 aliphatic carbocycles. The normalized spacial score (nSPS) is 11.6. The summed E-state index contributed by atoms with van der Waals surface area (Å²) < 4.78 is 5.23. The maximum Gasteiger partial charge on any atom is 0.311 e. The van der Waals surface area contributed by atoms with Gasteiger partial charge in [0.15, 0.2) is 0 Å². The Morgan fingerprint density at radius 1 is 0.463 bits per heavy atom. The van der Waals surface area contributed by atoms with Crippen molar-refractivity contribution in [1.29, 1.82) is 0 Å². The lowest BCUT2D eigenvalue weighted by atomic mass is 9.57. The van der Waals surface area contributed by atoms with Crippen molar-refractivity contribution in [2.24, 2.45) is 5.41 Å². The van der Waals surface area contributed by atoms with Gasteiger partial charge in [0.1, 0.15) is 0 Å². The molecule has 0 bridgehead atoms. The molecule has 1 N–H and O–H groups in total. The van der Waals surface area contributed by atoms with E-state index in [2.05, 4.69) is 119 Å². The second-order valence-corrected chi connectivity index (χ2v) is 12.0. The van der Waals surface area contributed by atoms with Gasteiger partial charge in [0.25, 0.3) is 0 Å². The van der Waals surface area contributed by atoms with Gasteiger partial charge in [-0.2, -0.15) is 0 Å². The van der Waals surface area contributed by atoms with E-state index in [1.165, 1.54) is 23.8 Å². The van der Waals surface area contributed by atoms with Crippen molar-refractivity contribution in [1.82, 2.24) is 0 Å². The van der Waals surface area contributed by atoms with Crippen LogP contribution in [0.4, 0.5) is 0 Å². The molecule has 3 aromatic rings. The highest BCUT2D eigenvalue weighted by molar-refractivity contribution is 5.76. The Morgan fingerprint density at radius 3 is 0.926 bits per heavy atom. The fraction of sp³-hybridized carbons (Fsp3) is 0.627. The van der Waals surface area contributed by atoms with Gasteiger partial charge in [0.2, 0.25) is 0 Å². The Labute approximate surface area is 347 Å². The molecule has 0 aliphatic heterocycles. The summed E-state index contributed by atoms with van der Waals surface area (Å²) in [5, 5.41) is 7.00. The molecule has 3 atom stereocenters. The van der Waals surface area contributed by atoms with Crippen molar-refractivity contribution in [3.63, 3.8) is 0 Å². The number of carbonyl (C=O) groups is 1. The highest BCUT2D eigenvalue weighted by atomic mass is 16.5. The highest BCUT2D eigenvalue weighted by Gasteiger charge is 2.46. The second-order valence-electron chi connectivity index (χ2n) is 12.0. The Hall–Kier alpha value is -2.91. The lowest BCUT2D eigenvalue weighted by Crippen LogP contribution is -2.42. The third-order valence-electron chi connectivity index (χ3n) is 8.32. The molecule has 0 aliphatic rings. The molecule has 0 spiro atoms. The summed E-state index contributed by atoms with van der Waals surface area (Å²) in [6, 6.07) is 32.6. The van der Waals surface area contributed by atoms with E-state index in [4.69, 9.17) is 9.84 Å². The fourth-order valence-corrected chi connectivity index (χ4v) is 6.53. The number of rotatable bonds is 11. The highest BCUT2D eigenvalue weighted by Crippen LogP contribution is 2.51. The van der Waals surface area contributed by atoms with Crippen LogP contribution in [0.1, 0.15) is 201 Å². The zero-order valence-electron chi connectivity index (χ0n) is 28.8. The topological polar surface area (TPSA) is 46.5 Å². The van der Waals surface area contributed by atoms with E-state index in [1.807, 2.05) is 41.5 Å². The van der Waals surface area contributed by atoms with Gasteiger partial charge < -0.3 is 9.84 Å². The lowest BCUT2D eigenvalue weighted by Gasteiger charge is -2.47. The molecule has 330 valence electrons. The number of aliphatic hydroxyl groups is 1. The van der Waals surface area contributed by atoms with Gasteiger partial charge in [-0.05, 0) is 72.5 Å². The quantitative estimate of drug-likeness (QED) is 0.198. The number of esters is 1. The number of hydrogen-bond donors (Lipinski definition) is 1. The van der Waals surface area contributed by atoms with Crippen molar-refractivity contribution < 1.29 is 14.6 Å². The van der Waals surface area contributed by atoms with Crippen LogP contribution in [0.2, 0.25) is 0 Å². The van der Waals surface area contributed by atoms with Gasteiger partial charge in [-0.3, -0.25) is 4.79 Å². The summed E-state index contributed by atoms with van der Waals surface area (Å²) in [6.45, 7) is 21.5. The standard InChI is InChI=1S/C34H44O2.2C2H6.CH4O.12CH4/c1-8-32(4,27-18-12-9-13-19-27)25-34(6,29-22-16-11-17-23-29)26-33(5,28-20-14-10-15-21-28)24-31(2,3)30(35)36-7;3*1-2;;;;;;;;;;;;/h9-23H,8,24-26H2,1-7H3;2*1-2H3;2H,1H3;12*1H4. The van der Waals surface area contributed by atoms with E-state index in [-0.39, 0.29) is 111 Å². The monoisotopic (exact) mass is 769 g/mol. The Bertz CT molecular complexity index is 1110. The lowest BCUT2D eigenvalue weighted by molar-refractivity contribution is -0.152. The number of ether oxygens (including phenoxy) is 1. The molecule has 3 nitrogen and oxygen atoms in total. The molecule has 0 heterocycles. The second kappa shape index (κ2) is 42.8. The summed E-state index contributed by atoms with van der Waals surface area (Å²) in [5.41, 5.74) is 3.03. The summed E-state index contributed by atoms with van der Waals surface area (Å²) in [7, 11) is 2.49. The third-order valence-corrected chi connectivity index (χ3v) is 8.32. The average Bonchev–Trinajstić information content (AvgIpc) is 3.04. The van der Waals surface area contributed by atoms with Gasteiger partial charge in [-0.1, -0.05) is 236 Å². The molecule has 3 aromatic carbocycles. The van der Waals surface area contributed by atoms with E-state index < -0.39 is 5.41 Å². The minimum Gasteiger partial charge on any atom is -0.469 e. The first-order valence-corrected chi connectivity index (χ1v) is 15.7. The largest absolute Gasteiger partial charge is 0.469 e. The molecule has 0 saturated carbocycles. The van der Waals surface area contributed by atoms with Crippen molar-refractivity contribution in [3.05, 3.63) is 108 Å². The third kappa shape index (κ3) is 24.5. The number of carbonyl (C=O) groups excluding carboxylic acids is 1. The van der Waals surface area contributed by atoms with E-state index in [1.54, 1.807) is 0 Å². The fourth-order valence-electron chi connectivity index (χ4n) is 6.53. The van der Waals surface area contributed by atoms with Crippen LogP contribution >= 0.6 is 0 Å². The van der Waals surface area contributed by atoms with E-state index >= 15 is 0 Å². The number of aliphatic hydroxyl groups excluding tert-OH is 1. The molecule has 3 heteroatoms.